The van der Waals surface area contributed by atoms with Gasteiger partial charge in [0.05, 0.1) is 22.7 Å². The fourth-order valence-corrected chi connectivity index (χ4v) is 3.52. The van der Waals surface area contributed by atoms with Gasteiger partial charge in [0.25, 0.3) is 0 Å². The summed E-state index contributed by atoms with van der Waals surface area (Å²) in [5.41, 5.74) is 7.56. The summed E-state index contributed by atoms with van der Waals surface area (Å²) < 4.78 is 1.69. The van der Waals surface area contributed by atoms with E-state index in [1.807, 2.05) is 26.8 Å². The van der Waals surface area contributed by atoms with E-state index in [0.717, 1.165) is 0 Å². The van der Waals surface area contributed by atoms with Crippen LogP contribution in [0.2, 0.25) is 0 Å². The van der Waals surface area contributed by atoms with Gasteiger partial charge in [-0.3, -0.25) is 14.9 Å². The largest absolute Gasteiger partial charge is 0.370 e. The third-order valence-corrected chi connectivity index (χ3v) is 5.94. The lowest BCUT2D eigenvalue weighted by Crippen LogP contribution is -2.38. The Balaban J connectivity index is 1.92. The molecule has 0 saturated carbocycles. The van der Waals surface area contributed by atoms with E-state index in [1.54, 1.807) is 59.0 Å². The number of hydrogen-bond acceptors (Lipinski definition) is 5. The molecule has 0 aliphatic heterocycles. The number of amides is 4. The molecule has 3 rings (SSSR count). The van der Waals surface area contributed by atoms with Crippen molar-refractivity contribution in [2.24, 2.45) is 11.1 Å². The van der Waals surface area contributed by atoms with Crippen LogP contribution in [0.1, 0.15) is 39.2 Å². The predicted octanol–water partition coefficient (Wildman–Crippen LogP) is 3.83. The first kappa shape index (κ1) is 25.2. The van der Waals surface area contributed by atoms with Crippen molar-refractivity contribution >= 4 is 46.2 Å². The van der Waals surface area contributed by atoms with Gasteiger partial charge in [0.2, 0.25) is 17.8 Å². The number of carbonyl (C=O) groups excluding carboxylic acids is 3. The molecule has 10 nitrogen and oxygen atoms in total. The lowest BCUT2D eigenvalue weighted by Gasteiger charge is -2.28. The minimum absolute atomic E-state index is 0.0233. The maximum Gasteiger partial charge on any atom is 0.326 e. The van der Waals surface area contributed by atoms with Crippen LogP contribution in [-0.2, 0) is 16.1 Å². The number of urea groups is 1. The van der Waals surface area contributed by atoms with Crippen molar-refractivity contribution in [2.75, 3.05) is 22.6 Å². The second kappa shape index (κ2) is 10.3. The highest BCUT2D eigenvalue weighted by Crippen LogP contribution is 2.29. The molecule has 4 amide bonds. The molecule has 0 aliphatic rings. The summed E-state index contributed by atoms with van der Waals surface area (Å²) in [4.78, 5) is 43.1. The van der Waals surface area contributed by atoms with Gasteiger partial charge < -0.3 is 20.5 Å². The Labute approximate surface area is 203 Å². The molecule has 0 spiro atoms. The van der Waals surface area contributed by atoms with Gasteiger partial charge in [-0.1, -0.05) is 26.8 Å². The zero-order chi connectivity index (χ0) is 25.8. The maximum atomic E-state index is 12.9. The fourth-order valence-electron chi connectivity index (χ4n) is 3.52. The molecule has 10 heteroatoms. The third-order valence-electron chi connectivity index (χ3n) is 5.94. The second-order valence-electron chi connectivity index (χ2n) is 8.85. The van der Waals surface area contributed by atoms with Crippen molar-refractivity contribution in [3.63, 3.8) is 0 Å². The molecule has 0 unspecified atom stereocenters. The van der Waals surface area contributed by atoms with Crippen LogP contribution >= 0.6 is 0 Å². The average Bonchev–Trinajstić information content (AvgIpc) is 3.17. The molecular weight excluding hydrogens is 446 g/mol. The van der Waals surface area contributed by atoms with E-state index in [0.29, 0.717) is 34.4 Å². The normalized spacial score (nSPS) is 11.1. The SMILES string of the molecule is CCC(C)(C)C(=O)N(C)c1ccc2c(c1)nc(NC(=O)Nc1cccc(C#N)c1)n2CCC(N)=O. The zero-order valence-electron chi connectivity index (χ0n) is 20.3. The maximum absolute atomic E-state index is 12.9. The van der Waals surface area contributed by atoms with Crippen molar-refractivity contribution in [1.29, 1.82) is 5.26 Å². The van der Waals surface area contributed by atoms with Gasteiger partial charge >= 0.3 is 6.03 Å². The molecule has 0 aliphatic carbocycles. The van der Waals surface area contributed by atoms with Gasteiger partial charge in [-0.05, 0) is 42.8 Å². The predicted molar refractivity (Wildman–Crippen MR) is 135 cm³/mol. The lowest BCUT2D eigenvalue weighted by molar-refractivity contribution is -0.126. The number of anilines is 3. The summed E-state index contributed by atoms with van der Waals surface area (Å²) in [7, 11) is 1.72. The van der Waals surface area contributed by atoms with E-state index in [1.165, 1.54) is 0 Å². The summed E-state index contributed by atoms with van der Waals surface area (Å²) in [5.74, 6) is -0.292. The highest BCUT2D eigenvalue weighted by molar-refractivity contribution is 6.01. The molecule has 2 aromatic carbocycles. The number of hydrogen-bond donors (Lipinski definition) is 3. The number of nitrogens with two attached hydrogens (primary N) is 1. The Morgan fingerprint density at radius 3 is 2.57 bits per heavy atom. The van der Waals surface area contributed by atoms with E-state index in [2.05, 4.69) is 15.6 Å². The van der Waals surface area contributed by atoms with Crippen LogP contribution in [0.4, 0.5) is 22.1 Å². The summed E-state index contributed by atoms with van der Waals surface area (Å²) in [6.45, 7) is 5.98. The molecule has 1 aromatic heterocycles. The Kier molecular flexibility index (Phi) is 7.40. The monoisotopic (exact) mass is 475 g/mol. The Bertz CT molecular complexity index is 1320. The molecular formula is C25H29N7O3. The Morgan fingerprint density at radius 1 is 1.17 bits per heavy atom. The van der Waals surface area contributed by atoms with Gasteiger partial charge in [-0.25, -0.2) is 9.78 Å². The average molecular weight is 476 g/mol. The molecule has 0 atom stereocenters. The smallest absolute Gasteiger partial charge is 0.326 e. The van der Waals surface area contributed by atoms with E-state index < -0.39 is 17.4 Å². The van der Waals surface area contributed by atoms with Gasteiger partial charge in [0, 0.05) is 36.8 Å². The van der Waals surface area contributed by atoms with E-state index >= 15 is 0 Å². The molecule has 0 saturated heterocycles. The quantitative estimate of drug-likeness (QED) is 0.453. The van der Waals surface area contributed by atoms with Crippen LogP contribution < -0.4 is 21.3 Å². The first-order valence-electron chi connectivity index (χ1n) is 11.2. The lowest BCUT2D eigenvalue weighted by atomic mass is 9.88. The van der Waals surface area contributed by atoms with Crippen LogP contribution in [-0.4, -0.2) is 34.4 Å². The van der Waals surface area contributed by atoms with Gasteiger partial charge in [-0.15, -0.1) is 0 Å². The van der Waals surface area contributed by atoms with Crippen molar-refractivity contribution in [3.8, 4) is 6.07 Å². The summed E-state index contributed by atoms with van der Waals surface area (Å²) in [6, 6.07) is 13.3. The number of aromatic nitrogens is 2. The molecule has 1 heterocycles. The molecule has 3 aromatic rings. The van der Waals surface area contributed by atoms with E-state index in [4.69, 9.17) is 11.0 Å². The van der Waals surface area contributed by atoms with Crippen molar-refractivity contribution in [3.05, 3.63) is 48.0 Å². The number of imidazole rings is 1. The molecule has 182 valence electrons. The highest BCUT2D eigenvalue weighted by Gasteiger charge is 2.29. The Hall–Kier alpha value is -4.39. The van der Waals surface area contributed by atoms with Crippen LogP contribution in [0.5, 0.6) is 0 Å². The van der Waals surface area contributed by atoms with Crippen molar-refractivity contribution < 1.29 is 14.4 Å². The minimum Gasteiger partial charge on any atom is -0.370 e. The van der Waals surface area contributed by atoms with Gasteiger partial charge in [0.15, 0.2) is 0 Å². The Morgan fingerprint density at radius 2 is 1.91 bits per heavy atom. The topological polar surface area (TPSA) is 146 Å². The fraction of sp³-hybridized carbons (Fsp3) is 0.320. The summed E-state index contributed by atoms with van der Waals surface area (Å²) in [5, 5.41) is 14.4. The second-order valence-corrected chi connectivity index (χ2v) is 8.85. The van der Waals surface area contributed by atoms with Crippen molar-refractivity contribution in [1.82, 2.24) is 9.55 Å². The van der Waals surface area contributed by atoms with E-state index in [-0.39, 0.29) is 24.8 Å². The van der Waals surface area contributed by atoms with Crippen LogP contribution in [0.15, 0.2) is 42.5 Å². The summed E-state index contributed by atoms with van der Waals surface area (Å²) in [6.07, 6.45) is 0.747. The number of rotatable bonds is 8. The third kappa shape index (κ3) is 5.76. The van der Waals surface area contributed by atoms with Crippen LogP contribution in [0.3, 0.4) is 0 Å². The number of nitriles is 1. The van der Waals surface area contributed by atoms with E-state index in [9.17, 15) is 14.4 Å². The first-order chi connectivity index (χ1) is 16.6. The zero-order valence-corrected chi connectivity index (χ0v) is 20.3. The number of nitrogens with one attached hydrogen (secondary N) is 2. The molecule has 0 radical (unpaired) electrons. The molecule has 0 bridgehead atoms. The minimum atomic E-state index is -0.562. The van der Waals surface area contributed by atoms with Crippen LogP contribution in [0, 0.1) is 16.7 Å². The molecule has 0 fully saturated rings. The standard InChI is InChI=1S/C25H29N7O3/c1-5-25(2,3)22(34)31(4)18-9-10-20-19(14-18)29-23(32(20)12-11-21(27)33)30-24(35)28-17-8-6-7-16(13-17)15-26/h6-10,13-14H,5,11-12H2,1-4H3,(H2,27,33)(H2,28,29,30,35). The van der Waals surface area contributed by atoms with Crippen molar-refractivity contribution in [2.45, 2.75) is 40.2 Å². The number of benzene rings is 2. The first-order valence-corrected chi connectivity index (χ1v) is 11.2. The number of carbonyl (C=O) groups is 3. The molecule has 4 N–H and O–H groups in total. The number of fused-ring (bicyclic) bond motifs is 1. The summed E-state index contributed by atoms with van der Waals surface area (Å²) >= 11 is 0. The van der Waals surface area contributed by atoms with Gasteiger partial charge in [0.1, 0.15) is 0 Å². The van der Waals surface area contributed by atoms with Crippen LogP contribution in [0.25, 0.3) is 11.0 Å². The van der Waals surface area contributed by atoms with Gasteiger partial charge in [-0.2, -0.15) is 5.26 Å². The number of nitrogens with zero attached hydrogens (tertiary/aromatic N) is 4. The number of primary amides is 1. The molecule has 35 heavy (non-hydrogen) atoms. The number of aryl methyl sites for hydroxylation is 1. The highest BCUT2D eigenvalue weighted by atomic mass is 16.2.